The minimum atomic E-state index is -0.371. The fourth-order valence-corrected chi connectivity index (χ4v) is 6.13. The first-order valence-corrected chi connectivity index (χ1v) is 11.8. The molecule has 0 bridgehead atoms. The maximum absolute atomic E-state index is 13.8. The molecule has 160 valence electrons. The molecule has 0 radical (unpaired) electrons. The molecule has 4 atom stereocenters. The predicted octanol–water partition coefficient (Wildman–Crippen LogP) is 5.04. The third-order valence-electron chi connectivity index (χ3n) is 7.34. The second-order valence-corrected chi connectivity index (χ2v) is 10.0. The first kappa shape index (κ1) is 19.9. The van der Waals surface area contributed by atoms with Gasteiger partial charge < -0.3 is 0 Å². The number of hydrogen-bond acceptors (Lipinski definition) is 3. The Morgan fingerprint density at radius 1 is 0.812 bits per heavy atom. The van der Waals surface area contributed by atoms with Gasteiger partial charge in [-0.2, -0.15) is 0 Å². The summed E-state index contributed by atoms with van der Waals surface area (Å²) >= 11 is 3.53. The summed E-state index contributed by atoms with van der Waals surface area (Å²) < 4.78 is 1.01. The van der Waals surface area contributed by atoms with Crippen molar-refractivity contribution in [3.05, 3.63) is 99.5 Å². The van der Waals surface area contributed by atoms with E-state index in [-0.39, 0.29) is 35.7 Å². The quantitative estimate of drug-likeness (QED) is 0.476. The van der Waals surface area contributed by atoms with Gasteiger partial charge in [-0.3, -0.25) is 14.5 Å². The normalized spacial score (nSPS) is 26.8. The number of carbonyl (C=O) groups is 2. The monoisotopic (exact) mass is 486 g/mol. The van der Waals surface area contributed by atoms with Gasteiger partial charge in [-0.1, -0.05) is 70.0 Å². The lowest BCUT2D eigenvalue weighted by Crippen LogP contribution is -2.44. The first-order chi connectivity index (χ1) is 15.5. The van der Waals surface area contributed by atoms with Crippen LogP contribution in [0.1, 0.15) is 28.3 Å². The number of imide groups is 1. The molecule has 0 saturated carbocycles. The predicted molar refractivity (Wildman–Crippen MR) is 127 cm³/mol. The highest BCUT2D eigenvalue weighted by Crippen LogP contribution is 2.53. The average molecular weight is 487 g/mol. The van der Waals surface area contributed by atoms with Crippen molar-refractivity contribution in [2.75, 3.05) is 4.90 Å². The van der Waals surface area contributed by atoms with Crippen molar-refractivity contribution in [3.63, 3.8) is 0 Å². The molecule has 0 aliphatic carbocycles. The number of aryl methyl sites for hydroxylation is 1. The van der Waals surface area contributed by atoms with Gasteiger partial charge in [-0.05, 0) is 54.3 Å². The van der Waals surface area contributed by atoms with Crippen LogP contribution in [0.15, 0.2) is 77.3 Å². The van der Waals surface area contributed by atoms with E-state index in [1.54, 1.807) is 0 Å². The Labute approximate surface area is 196 Å². The van der Waals surface area contributed by atoms with Gasteiger partial charge in [0.2, 0.25) is 11.8 Å². The van der Waals surface area contributed by atoms with Gasteiger partial charge in [0.15, 0.2) is 0 Å². The minimum absolute atomic E-state index is 0.0236. The van der Waals surface area contributed by atoms with Crippen LogP contribution in [0.4, 0.5) is 5.69 Å². The van der Waals surface area contributed by atoms with Gasteiger partial charge in [0, 0.05) is 23.1 Å². The summed E-state index contributed by atoms with van der Waals surface area (Å²) in [5.74, 6) is -0.830. The Hall–Kier alpha value is -2.76. The Morgan fingerprint density at radius 2 is 1.47 bits per heavy atom. The number of nitrogens with zero attached hydrogens (tertiary/aromatic N) is 2. The van der Waals surface area contributed by atoms with Gasteiger partial charge in [0.05, 0.1) is 17.5 Å². The van der Waals surface area contributed by atoms with Crippen molar-refractivity contribution >= 4 is 33.4 Å². The fourth-order valence-electron chi connectivity index (χ4n) is 5.87. The van der Waals surface area contributed by atoms with E-state index in [1.165, 1.54) is 16.0 Å². The van der Waals surface area contributed by atoms with Crippen LogP contribution in [-0.4, -0.2) is 22.8 Å². The maximum atomic E-state index is 13.8. The van der Waals surface area contributed by atoms with E-state index in [2.05, 4.69) is 57.2 Å². The Balaban J connectivity index is 1.47. The van der Waals surface area contributed by atoms with Crippen LogP contribution in [0.2, 0.25) is 0 Å². The van der Waals surface area contributed by atoms with E-state index < -0.39 is 0 Å². The highest BCUT2D eigenvalue weighted by atomic mass is 79.9. The molecular weight excluding hydrogens is 464 g/mol. The summed E-state index contributed by atoms with van der Waals surface area (Å²) in [6.07, 6.45) is 0.797. The van der Waals surface area contributed by atoms with Gasteiger partial charge in [0.1, 0.15) is 0 Å². The molecule has 2 fully saturated rings. The smallest absolute Gasteiger partial charge is 0.239 e. The summed E-state index contributed by atoms with van der Waals surface area (Å²) in [6.45, 7) is 2.77. The summed E-state index contributed by atoms with van der Waals surface area (Å²) in [5.41, 5.74) is 5.46. The summed E-state index contributed by atoms with van der Waals surface area (Å²) in [5, 5.41) is 0. The average Bonchev–Trinajstić information content (AvgIpc) is 3.26. The lowest BCUT2D eigenvalue weighted by Gasteiger charge is -2.38. The third kappa shape index (κ3) is 2.91. The number of rotatable bonds is 2. The van der Waals surface area contributed by atoms with Crippen molar-refractivity contribution in [2.24, 2.45) is 11.8 Å². The number of benzene rings is 3. The molecule has 3 aromatic carbocycles. The topological polar surface area (TPSA) is 40.6 Å². The molecule has 2 saturated heterocycles. The molecule has 0 N–H and O–H groups in total. The molecule has 6 rings (SSSR count). The number of halogens is 1. The zero-order chi connectivity index (χ0) is 22.0. The Kier molecular flexibility index (Phi) is 4.60. The fraction of sp³-hybridized carbons (Fsp3) is 0.259. The van der Waals surface area contributed by atoms with Crippen molar-refractivity contribution in [1.82, 2.24) is 4.90 Å². The lowest BCUT2D eigenvalue weighted by molar-refractivity contribution is -0.124. The maximum Gasteiger partial charge on any atom is 0.239 e. The second-order valence-electron chi connectivity index (χ2n) is 9.11. The molecule has 4 nitrogen and oxygen atoms in total. The van der Waals surface area contributed by atoms with E-state index in [0.717, 1.165) is 28.6 Å². The highest BCUT2D eigenvalue weighted by molar-refractivity contribution is 9.10. The van der Waals surface area contributed by atoms with E-state index in [4.69, 9.17) is 0 Å². The molecule has 32 heavy (non-hydrogen) atoms. The van der Waals surface area contributed by atoms with Crippen molar-refractivity contribution in [3.8, 4) is 0 Å². The van der Waals surface area contributed by atoms with Crippen molar-refractivity contribution in [1.29, 1.82) is 0 Å². The van der Waals surface area contributed by atoms with Crippen LogP contribution < -0.4 is 4.90 Å². The third-order valence-corrected chi connectivity index (χ3v) is 7.87. The molecule has 0 unspecified atom stereocenters. The number of hydrogen-bond donors (Lipinski definition) is 0. The van der Waals surface area contributed by atoms with Crippen molar-refractivity contribution in [2.45, 2.75) is 32.0 Å². The van der Waals surface area contributed by atoms with Crippen LogP contribution in [0, 0.1) is 18.8 Å². The van der Waals surface area contributed by atoms with E-state index in [1.807, 2.05) is 43.3 Å². The van der Waals surface area contributed by atoms with Crippen LogP contribution in [0.25, 0.3) is 0 Å². The molecule has 0 spiro atoms. The molecular formula is C27H23BrN2O2. The molecule has 5 heteroatoms. The zero-order valence-corrected chi connectivity index (χ0v) is 19.3. The SMILES string of the molecule is Cc1ccc(N2C(=O)[C@@H]3[C@H](C2=O)[C@H]2Cc4ccccc4CN2[C@H]3c2ccc(Br)cc2)cc1. The van der Waals surface area contributed by atoms with E-state index >= 15 is 0 Å². The van der Waals surface area contributed by atoms with E-state index in [0.29, 0.717) is 5.69 Å². The lowest BCUT2D eigenvalue weighted by atomic mass is 9.84. The molecule has 3 heterocycles. The molecule has 3 aliphatic rings. The van der Waals surface area contributed by atoms with Crippen LogP contribution in [-0.2, 0) is 22.6 Å². The van der Waals surface area contributed by atoms with Crippen molar-refractivity contribution < 1.29 is 9.59 Å². The number of fused-ring (bicyclic) bond motifs is 4. The van der Waals surface area contributed by atoms with E-state index in [9.17, 15) is 9.59 Å². The van der Waals surface area contributed by atoms with Gasteiger partial charge in [-0.15, -0.1) is 0 Å². The van der Waals surface area contributed by atoms with Crippen LogP contribution in [0.5, 0.6) is 0 Å². The summed E-state index contributed by atoms with van der Waals surface area (Å²) in [4.78, 5) is 31.4. The van der Waals surface area contributed by atoms with Crippen LogP contribution >= 0.6 is 15.9 Å². The largest absolute Gasteiger partial charge is 0.287 e. The Bertz CT molecular complexity index is 1220. The molecule has 3 aliphatic heterocycles. The molecule has 3 aromatic rings. The molecule has 0 aromatic heterocycles. The Morgan fingerprint density at radius 3 is 2.19 bits per heavy atom. The number of carbonyl (C=O) groups excluding carboxylic acids is 2. The number of anilines is 1. The molecule has 2 amide bonds. The highest BCUT2D eigenvalue weighted by Gasteiger charge is 2.63. The standard InChI is InChI=1S/C27H23BrN2O2/c1-16-6-12-21(13-7-16)30-26(31)23-22-14-18-4-2-3-5-19(18)15-29(22)25(24(23)27(30)32)17-8-10-20(28)11-9-17/h2-13,22-25H,14-15H2,1H3/t22-,23-,24-,25+/m1/s1. The van der Waals surface area contributed by atoms with Gasteiger partial charge in [0.25, 0.3) is 0 Å². The summed E-state index contributed by atoms with van der Waals surface area (Å²) in [6, 6.07) is 24.3. The second kappa shape index (κ2) is 7.39. The number of amides is 2. The van der Waals surface area contributed by atoms with Gasteiger partial charge >= 0.3 is 0 Å². The van der Waals surface area contributed by atoms with Gasteiger partial charge in [-0.25, -0.2) is 4.90 Å². The van der Waals surface area contributed by atoms with Crippen LogP contribution in [0.3, 0.4) is 0 Å². The first-order valence-electron chi connectivity index (χ1n) is 11.1. The summed E-state index contributed by atoms with van der Waals surface area (Å²) in [7, 11) is 0. The minimum Gasteiger partial charge on any atom is -0.287 e. The zero-order valence-electron chi connectivity index (χ0n) is 17.7.